The van der Waals surface area contributed by atoms with Gasteiger partial charge in [-0.15, -0.1) is 0 Å². The second-order valence-electron chi connectivity index (χ2n) is 3.89. The van der Waals surface area contributed by atoms with Gasteiger partial charge in [-0.3, -0.25) is 0 Å². The van der Waals surface area contributed by atoms with Crippen molar-refractivity contribution in [1.82, 2.24) is 0 Å². The zero-order valence-corrected chi connectivity index (χ0v) is 12.0. The summed E-state index contributed by atoms with van der Waals surface area (Å²) in [6.45, 7) is 1.80. The average molecular weight is 307 g/mol. The monoisotopic (exact) mass is 306 g/mol. The van der Waals surface area contributed by atoms with E-state index < -0.39 is 15.8 Å². The number of benzene rings is 1. The van der Waals surface area contributed by atoms with Crippen LogP contribution in [0.5, 0.6) is 5.75 Å². The Bertz CT molecular complexity index is 553. The Morgan fingerprint density at radius 1 is 1.42 bits per heavy atom. The van der Waals surface area contributed by atoms with E-state index in [9.17, 15) is 13.2 Å². The predicted octanol–water partition coefficient (Wildman–Crippen LogP) is 2.24. The first-order chi connectivity index (χ1) is 8.85. The molecule has 0 unspecified atom stereocenters. The van der Waals surface area contributed by atoms with Crippen LogP contribution in [0.25, 0.3) is 0 Å². The van der Waals surface area contributed by atoms with Gasteiger partial charge in [0.1, 0.15) is 15.6 Å². The summed E-state index contributed by atoms with van der Waals surface area (Å²) in [7, 11) is -3.00. The van der Waals surface area contributed by atoms with Gasteiger partial charge in [-0.1, -0.05) is 18.5 Å². The van der Waals surface area contributed by atoms with Gasteiger partial charge in [-0.2, -0.15) is 0 Å². The average Bonchev–Trinajstić information content (AvgIpc) is 2.36. The second kappa shape index (κ2) is 6.77. The Balaban J connectivity index is 2.55. The van der Waals surface area contributed by atoms with Crippen molar-refractivity contribution in [3.63, 3.8) is 0 Å². The maximum absolute atomic E-state index is 11.2. The highest BCUT2D eigenvalue weighted by Gasteiger charge is 2.10. The molecule has 0 aliphatic rings. The van der Waals surface area contributed by atoms with Gasteiger partial charge < -0.3 is 9.84 Å². The molecule has 1 rings (SSSR count). The standard InChI is InChI=1S/C12H15ClO5S/c1-2-19(16,17)7-3-6-18-9-4-5-11(13)10(8-9)12(14)15/h4-5,8H,2-3,6-7H2,1H3,(H,14,15). The van der Waals surface area contributed by atoms with E-state index in [1.165, 1.54) is 12.1 Å². The van der Waals surface area contributed by atoms with E-state index in [4.69, 9.17) is 21.4 Å². The van der Waals surface area contributed by atoms with Crippen LogP contribution in [0.4, 0.5) is 0 Å². The van der Waals surface area contributed by atoms with Crippen molar-refractivity contribution in [3.05, 3.63) is 28.8 Å². The summed E-state index contributed by atoms with van der Waals surface area (Å²) in [6, 6.07) is 4.30. The number of carboxylic acid groups (broad SMARTS) is 1. The first-order valence-electron chi connectivity index (χ1n) is 5.72. The fourth-order valence-corrected chi connectivity index (χ4v) is 2.42. The third-order valence-corrected chi connectivity index (χ3v) is 4.60. The minimum Gasteiger partial charge on any atom is -0.494 e. The van der Waals surface area contributed by atoms with Gasteiger partial charge in [0, 0.05) is 5.75 Å². The molecular weight excluding hydrogens is 292 g/mol. The smallest absolute Gasteiger partial charge is 0.337 e. The molecule has 0 bridgehead atoms. The van der Waals surface area contributed by atoms with E-state index >= 15 is 0 Å². The number of rotatable bonds is 7. The van der Waals surface area contributed by atoms with Crippen LogP contribution in [0.3, 0.4) is 0 Å². The van der Waals surface area contributed by atoms with Crippen LogP contribution in [0, 0.1) is 0 Å². The molecule has 0 saturated carbocycles. The molecule has 0 heterocycles. The summed E-state index contributed by atoms with van der Waals surface area (Å²) in [5.74, 6) is -0.611. The Kier molecular flexibility index (Phi) is 5.62. The molecule has 19 heavy (non-hydrogen) atoms. The van der Waals surface area contributed by atoms with E-state index in [0.717, 1.165) is 0 Å². The normalized spacial score (nSPS) is 11.3. The lowest BCUT2D eigenvalue weighted by Gasteiger charge is -2.07. The van der Waals surface area contributed by atoms with E-state index in [2.05, 4.69) is 0 Å². The number of carboxylic acids is 1. The summed E-state index contributed by atoms with van der Waals surface area (Å²) in [5.41, 5.74) is -0.0413. The van der Waals surface area contributed by atoms with Crippen molar-refractivity contribution in [3.8, 4) is 5.75 Å². The third kappa shape index (κ3) is 5.08. The number of carbonyl (C=O) groups is 1. The molecule has 0 radical (unpaired) electrons. The molecule has 0 fully saturated rings. The van der Waals surface area contributed by atoms with Gasteiger partial charge in [0.25, 0.3) is 0 Å². The lowest BCUT2D eigenvalue weighted by Crippen LogP contribution is -2.12. The van der Waals surface area contributed by atoms with E-state index in [1.54, 1.807) is 13.0 Å². The first kappa shape index (κ1) is 15.8. The van der Waals surface area contributed by atoms with E-state index in [-0.39, 0.29) is 28.7 Å². The van der Waals surface area contributed by atoms with Crippen LogP contribution >= 0.6 is 11.6 Å². The Morgan fingerprint density at radius 2 is 2.11 bits per heavy atom. The molecule has 0 aromatic heterocycles. The summed E-state index contributed by atoms with van der Waals surface area (Å²) >= 11 is 5.72. The Labute approximate surface area is 117 Å². The van der Waals surface area contributed by atoms with Gasteiger partial charge in [-0.25, -0.2) is 13.2 Å². The molecule has 1 aromatic rings. The van der Waals surface area contributed by atoms with Crippen molar-refractivity contribution in [1.29, 1.82) is 0 Å². The summed E-state index contributed by atoms with van der Waals surface area (Å²) in [5, 5.41) is 9.01. The summed E-state index contributed by atoms with van der Waals surface area (Å²) < 4.78 is 27.8. The molecule has 1 N–H and O–H groups in total. The zero-order valence-electron chi connectivity index (χ0n) is 10.4. The van der Waals surface area contributed by atoms with Gasteiger partial charge in [-0.05, 0) is 24.6 Å². The van der Waals surface area contributed by atoms with Crippen molar-refractivity contribution < 1.29 is 23.1 Å². The SMILES string of the molecule is CCS(=O)(=O)CCCOc1ccc(Cl)c(C(=O)O)c1. The van der Waals surface area contributed by atoms with Gasteiger partial charge in [0.2, 0.25) is 0 Å². The maximum atomic E-state index is 11.2. The molecule has 5 nitrogen and oxygen atoms in total. The topological polar surface area (TPSA) is 80.7 Å². The molecule has 106 valence electrons. The fourth-order valence-electron chi connectivity index (χ4n) is 1.37. The number of halogens is 1. The third-order valence-electron chi connectivity index (χ3n) is 2.48. The lowest BCUT2D eigenvalue weighted by molar-refractivity contribution is 0.0696. The number of hydrogen-bond donors (Lipinski definition) is 1. The molecule has 1 aromatic carbocycles. The van der Waals surface area contributed by atoms with Gasteiger partial charge in [0.15, 0.2) is 0 Å². The molecule has 0 amide bonds. The van der Waals surface area contributed by atoms with Crippen LogP contribution in [0.2, 0.25) is 5.02 Å². The highest BCUT2D eigenvalue weighted by atomic mass is 35.5. The van der Waals surface area contributed by atoms with E-state index in [1.807, 2.05) is 0 Å². The maximum Gasteiger partial charge on any atom is 0.337 e. The number of aromatic carboxylic acids is 1. The van der Waals surface area contributed by atoms with Crippen molar-refractivity contribution in [2.75, 3.05) is 18.1 Å². The van der Waals surface area contributed by atoms with Crippen LogP contribution in [-0.2, 0) is 9.84 Å². The highest BCUT2D eigenvalue weighted by molar-refractivity contribution is 7.91. The quantitative estimate of drug-likeness (QED) is 0.781. The molecule has 0 aliphatic heterocycles. The number of ether oxygens (including phenoxy) is 1. The van der Waals surface area contributed by atoms with Crippen LogP contribution in [-0.4, -0.2) is 37.6 Å². The Morgan fingerprint density at radius 3 is 2.68 bits per heavy atom. The molecule has 0 aliphatic carbocycles. The first-order valence-corrected chi connectivity index (χ1v) is 7.91. The molecular formula is C12H15ClO5S. The highest BCUT2D eigenvalue weighted by Crippen LogP contribution is 2.22. The molecule has 0 saturated heterocycles. The minimum absolute atomic E-state index is 0.0413. The zero-order chi connectivity index (χ0) is 14.5. The van der Waals surface area contributed by atoms with Crippen LogP contribution < -0.4 is 4.74 Å². The number of hydrogen-bond acceptors (Lipinski definition) is 4. The largest absolute Gasteiger partial charge is 0.494 e. The summed E-state index contributed by atoms with van der Waals surface area (Å²) in [4.78, 5) is 10.9. The summed E-state index contributed by atoms with van der Waals surface area (Å²) in [6.07, 6.45) is 0.362. The lowest BCUT2D eigenvalue weighted by atomic mass is 10.2. The van der Waals surface area contributed by atoms with Crippen LogP contribution in [0.1, 0.15) is 23.7 Å². The van der Waals surface area contributed by atoms with E-state index in [0.29, 0.717) is 12.2 Å². The molecule has 7 heteroatoms. The predicted molar refractivity (Wildman–Crippen MR) is 72.9 cm³/mol. The van der Waals surface area contributed by atoms with Crippen molar-refractivity contribution in [2.45, 2.75) is 13.3 Å². The molecule has 0 atom stereocenters. The Hall–Kier alpha value is -1.27. The van der Waals surface area contributed by atoms with Crippen molar-refractivity contribution >= 4 is 27.4 Å². The van der Waals surface area contributed by atoms with Crippen molar-refractivity contribution in [2.24, 2.45) is 0 Å². The molecule has 0 spiro atoms. The van der Waals surface area contributed by atoms with Crippen LogP contribution in [0.15, 0.2) is 18.2 Å². The minimum atomic E-state index is -3.00. The second-order valence-corrected chi connectivity index (χ2v) is 6.77. The fraction of sp³-hybridized carbons (Fsp3) is 0.417. The van der Waals surface area contributed by atoms with Gasteiger partial charge in [0.05, 0.1) is 22.9 Å². The van der Waals surface area contributed by atoms with Gasteiger partial charge >= 0.3 is 5.97 Å². The number of sulfone groups is 1.